The van der Waals surface area contributed by atoms with Crippen molar-refractivity contribution in [1.29, 1.82) is 0 Å². The van der Waals surface area contributed by atoms with E-state index in [1.165, 1.54) is 44.9 Å². The van der Waals surface area contributed by atoms with Gasteiger partial charge >= 0.3 is 0 Å². The van der Waals surface area contributed by atoms with Gasteiger partial charge in [0.05, 0.1) is 12.1 Å². The van der Waals surface area contributed by atoms with E-state index in [-0.39, 0.29) is 0 Å². The summed E-state index contributed by atoms with van der Waals surface area (Å²) in [5.41, 5.74) is 1.95. The van der Waals surface area contributed by atoms with Crippen molar-refractivity contribution in [3.63, 3.8) is 0 Å². The van der Waals surface area contributed by atoms with Gasteiger partial charge in [0.2, 0.25) is 0 Å². The summed E-state index contributed by atoms with van der Waals surface area (Å²) in [7, 11) is 0. The molecule has 0 spiro atoms. The molecule has 0 atom stereocenters. The van der Waals surface area contributed by atoms with Crippen LogP contribution in [0.15, 0.2) is 46.9 Å². The van der Waals surface area contributed by atoms with Crippen LogP contribution in [0.3, 0.4) is 0 Å². The highest BCUT2D eigenvalue weighted by Gasteiger charge is 2.06. The van der Waals surface area contributed by atoms with Crippen LogP contribution in [0.1, 0.15) is 58.3 Å². The highest BCUT2D eigenvalue weighted by Crippen LogP contribution is 2.28. The molecule has 0 amide bonds. The molecule has 3 heteroatoms. The van der Waals surface area contributed by atoms with Crippen molar-refractivity contribution in [3.8, 4) is 5.75 Å². The maximum atomic E-state index is 6.07. The molecule has 2 aromatic carbocycles. The Balaban J connectivity index is 1.56. The third kappa shape index (κ3) is 5.20. The molecule has 0 aliphatic heterocycles. The maximum Gasteiger partial charge on any atom is 0.145 e. The lowest BCUT2D eigenvalue weighted by atomic mass is 10.1. The summed E-state index contributed by atoms with van der Waals surface area (Å²) in [6, 6.07) is 14.6. The Morgan fingerprint density at radius 2 is 1.62 bits per heavy atom. The van der Waals surface area contributed by atoms with E-state index in [0.29, 0.717) is 0 Å². The summed E-state index contributed by atoms with van der Waals surface area (Å²) < 4.78 is 7.12. The van der Waals surface area contributed by atoms with Gasteiger partial charge in [-0.1, -0.05) is 86.0 Å². The van der Waals surface area contributed by atoms with E-state index in [1.807, 2.05) is 6.07 Å². The number of halogens is 1. The van der Waals surface area contributed by atoms with Crippen LogP contribution in [0.4, 0.5) is 0 Å². The van der Waals surface area contributed by atoms with Crippen molar-refractivity contribution in [2.24, 2.45) is 0 Å². The number of hydrogen-bond acceptors (Lipinski definition) is 2. The Kier molecular flexibility index (Phi) is 7.31. The van der Waals surface area contributed by atoms with Gasteiger partial charge in [0, 0.05) is 15.2 Å². The van der Waals surface area contributed by atoms with Crippen LogP contribution < -0.4 is 4.74 Å². The summed E-state index contributed by atoms with van der Waals surface area (Å²) in [5.74, 6) is 0.896. The van der Waals surface area contributed by atoms with Crippen LogP contribution in [0.25, 0.3) is 21.8 Å². The number of aromatic nitrogens is 1. The van der Waals surface area contributed by atoms with Gasteiger partial charge in [0.1, 0.15) is 11.3 Å². The zero-order valence-electron chi connectivity index (χ0n) is 15.6. The standard InChI is InChI=1S/C23H28BrNO/c1-2-3-4-5-6-7-8-9-15-26-22-12-10-11-19-16-18-13-14-20(24)17-21(18)25-23(19)22/h10-14,16-17H,2-9,15H2,1H3. The highest BCUT2D eigenvalue weighted by molar-refractivity contribution is 9.10. The molecule has 0 N–H and O–H groups in total. The molecule has 2 nitrogen and oxygen atoms in total. The van der Waals surface area contributed by atoms with Crippen molar-refractivity contribution in [1.82, 2.24) is 4.98 Å². The maximum absolute atomic E-state index is 6.07. The molecule has 0 radical (unpaired) electrons. The van der Waals surface area contributed by atoms with E-state index in [4.69, 9.17) is 9.72 Å². The van der Waals surface area contributed by atoms with Crippen LogP contribution in [0, 0.1) is 0 Å². The summed E-state index contributed by atoms with van der Waals surface area (Å²) in [6.45, 7) is 3.04. The molecule has 1 heterocycles. The molecule has 0 saturated carbocycles. The number of hydrogen-bond donors (Lipinski definition) is 0. The third-order valence-electron chi connectivity index (χ3n) is 4.82. The van der Waals surface area contributed by atoms with Gasteiger partial charge in [0.15, 0.2) is 0 Å². The summed E-state index contributed by atoms with van der Waals surface area (Å²) >= 11 is 3.53. The Hall–Kier alpha value is -1.61. The van der Waals surface area contributed by atoms with E-state index < -0.39 is 0 Å². The second kappa shape index (κ2) is 9.91. The number of para-hydroxylation sites is 1. The van der Waals surface area contributed by atoms with Crippen molar-refractivity contribution in [2.45, 2.75) is 58.3 Å². The molecule has 26 heavy (non-hydrogen) atoms. The number of unbranched alkanes of at least 4 members (excludes halogenated alkanes) is 7. The molecule has 138 valence electrons. The van der Waals surface area contributed by atoms with Gasteiger partial charge in [0.25, 0.3) is 0 Å². The lowest BCUT2D eigenvalue weighted by Gasteiger charge is -2.10. The lowest BCUT2D eigenvalue weighted by molar-refractivity contribution is 0.307. The molecule has 1 aromatic heterocycles. The van der Waals surface area contributed by atoms with Crippen molar-refractivity contribution in [3.05, 3.63) is 46.9 Å². The summed E-state index contributed by atoms with van der Waals surface area (Å²) in [6.07, 6.45) is 10.5. The zero-order valence-corrected chi connectivity index (χ0v) is 17.2. The number of ether oxygens (including phenoxy) is 1. The summed E-state index contributed by atoms with van der Waals surface area (Å²) in [5, 5.41) is 2.29. The Bertz CT molecular complexity index is 846. The SMILES string of the molecule is CCCCCCCCCCOc1cccc2cc3ccc(Br)cc3nc12. The van der Waals surface area contributed by atoms with Gasteiger partial charge in [-0.05, 0) is 30.7 Å². The fraction of sp³-hybridized carbons (Fsp3) is 0.435. The minimum Gasteiger partial charge on any atom is -0.491 e. The minimum atomic E-state index is 0.770. The van der Waals surface area contributed by atoms with E-state index in [0.717, 1.165) is 45.1 Å². The normalized spacial score (nSPS) is 11.3. The fourth-order valence-electron chi connectivity index (χ4n) is 3.33. The molecule has 3 aromatic rings. The topological polar surface area (TPSA) is 22.1 Å². The molecule has 3 rings (SSSR count). The van der Waals surface area contributed by atoms with Crippen LogP contribution >= 0.6 is 15.9 Å². The first kappa shape index (κ1) is 19.2. The molecular weight excluding hydrogens is 386 g/mol. The number of nitrogens with zero attached hydrogens (tertiary/aromatic N) is 1. The molecular formula is C23H28BrNO. The fourth-order valence-corrected chi connectivity index (χ4v) is 3.68. The predicted octanol–water partition coefficient (Wildman–Crippen LogP) is 7.67. The average molecular weight is 414 g/mol. The van der Waals surface area contributed by atoms with Crippen molar-refractivity contribution in [2.75, 3.05) is 6.61 Å². The number of pyridine rings is 1. The third-order valence-corrected chi connectivity index (χ3v) is 5.31. The lowest BCUT2D eigenvalue weighted by Crippen LogP contribution is -1.99. The predicted molar refractivity (Wildman–Crippen MR) is 115 cm³/mol. The second-order valence-electron chi connectivity index (χ2n) is 6.98. The van der Waals surface area contributed by atoms with Crippen LogP contribution in [-0.2, 0) is 0 Å². The molecule has 0 bridgehead atoms. The number of fused-ring (bicyclic) bond motifs is 2. The van der Waals surface area contributed by atoms with Crippen molar-refractivity contribution < 1.29 is 4.74 Å². The second-order valence-corrected chi connectivity index (χ2v) is 7.89. The van der Waals surface area contributed by atoms with Crippen LogP contribution in [0.5, 0.6) is 5.75 Å². The van der Waals surface area contributed by atoms with E-state index in [2.05, 4.69) is 59.3 Å². The first-order valence-electron chi connectivity index (χ1n) is 9.90. The van der Waals surface area contributed by atoms with Gasteiger partial charge in [-0.15, -0.1) is 0 Å². The van der Waals surface area contributed by atoms with Crippen molar-refractivity contribution >= 4 is 37.7 Å². The smallest absolute Gasteiger partial charge is 0.145 e. The molecule has 0 aliphatic carbocycles. The molecule has 0 saturated heterocycles. The average Bonchev–Trinajstić information content (AvgIpc) is 2.65. The van der Waals surface area contributed by atoms with Crippen LogP contribution in [-0.4, -0.2) is 11.6 Å². The van der Waals surface area contributed by atoms with Gasteiger partial charge in [-0.3, -0.25) is 0 Å². The number of benzene rings is 2. The molecule has 0 unspecified atom stereocenters. The van der Waals surface area contributed by atoms with E-state index >= 15 is 0 Å². The monoisotopic (exact) mass is 413 g/mol. The molecule has 0 fully saturated rings. The first-order valence-corrected chi connectivity index (χ1v) is 10.7. The van der Waals surface area contributed by atoms with Gasteiger partial charge in [-0.25, -0.2) is 4.98 Å². The minimum absolute atomic E-state index is 0.770. The quantitative estimate of drug-likeness (QED) is 0.251. The van der Waals surface area contributed by atoms with Crippen LogP contribution in [0.2, 0.25) is 0 Å². The van der Waals surface area contributed by atoms with E-state index in [9.17, 15) is 0 Å². The zero-order chi connectivity index (χ0) is 18.2. The van der Waals surface area contributed by atoms with Gasteiger partial charge in [-0.2, -0.15) is 0 Å². The number of rotatable bonds is 10. The Morgan fingerprint density at radius 3 is 2.42 bits per heavy atom. The summed E-state index contributed by atoms with van der Waals surface area (Å²) in [4.78, 5) is 4.84. The highest BCUT2D eigenvalue weighted by atomic mass is 79.9. The largest absolute Gasteiger partial charge is 0.491 e. The Labute approximate surface area is 165 Å². The molecule has 0 aliphatic rings. The Morgan fingerprint density at radius 1 is 0.846 bits per heavy atom. The first-order chi connectivity index (χ1) is 12.8. The van der Waals surface area contributed by atoms with E-state index in [1.54, 1.807) is 0 Å². The van der Waals surface area contributed by atoms with Gasteiger partial charge < -0.3 is 4.74 Å².